The van der Waals surface area contributed by atoms with Gasteiger partial charge in [-0.3, -0.25) is 4.79 Å². The molecule has 0 saturated heterocycles. The minimum absolute atomic E-state index is 0.0804. The van der Waals surface area contributed by atoms with Crippen molar-refractivity contribution >= 4 is 17.3 Å². The highest BCUT2D eigenvalue weighted by molar-refractivity contribution is 6.00. The largest absolute Gasteiger partial charge is 0.382 e. The fourth-order valence-corrected chi connectivity index (χ4v) is 2.02. The van der Waals surface area contributed by atoms with Crippen LogP contribution in [0.15, 0.2) is 18.2 Å². The maximum Gasteiger partial charge on any atom is 0.231 e. The van der Waals surface area contributed by atoms with Crippen LogP contribution in [-0.4, -0.2) is 12.5 Å². The lowest BCUT2D eigenvalue weighted by Gasteiger charge is -2.20. The molecule has 1 aliphatic heterocycles. The van der Waals surface area contributed by atoms with E-state index in [4.69, 9.17) is 0 Å². The Balaban J connectivity index is 2.48. The van der Waals surface area contributed by atoms with Gasteiger partial charge in [0.1, 0.15) is 0 Å². The summed E-state index contributed by atoms with van der Waals surface area (Å²) in [4.78, 5) is 12.1. The molecule has 0 unspecified atom stereocenters. The smallest absolute Gasteiger partial charge is 0.231 e. The number of benzene rings is 1. The van der Waals surface area contributed by atoms with Crippen molar-refractivity contribution in [2.75, 3.05) is 17.2 Å². The van der Waals surface area contributed by atoms with Crippen LogP contribution in [0.5, 0.6) is 0 Å². The number of para-hydroxylation sites is 1. The van der Waals surface area contributed by atoms with Crippen LogP contribution >= 0.6 is 0 Å². The third-order valence-electron chi connectivity index (χ3n) is 3.29. The van der Waals surface area contributed by atoms with Gasteiger partial charge in [0.25, 0.3) is 0 Å². The van der Waals surface area contributed by atoms with Crippen molar-refractivity contribution in [3.63, 3.8) is 0 Å². The molecule has 0 atom stereocenters. The molecule has 0 bridgehead atoms. The summed E-state index contributed by atoms with van der Waals surface area (Å²) in [6, 6.07) is 6.12. The molecule has 1 aliphatic rings. The number of anilines is 2. The molecule has 0 radical (unpaired) electrons. The van der Waals surface area contributed by atoms with Gasteiger partial charge in [0.05, 0.1) is 16.8 Å². The SMILES string of the molecule is CC(C)c1cccc2c1NC(=O)C(C)(C)CN2. The third kappa shape index (κ3) is 2.14. The number of carbonyl (C=O) groups is 1. The van der Waals surface area contributed by atoms with E-state index in [1.807, 2.05) is 26.0 Å². The first-order chi connectivity index (χ1) is 7.92. The van der Waals surface area contributed by atoms with Crippen LogP contribution in [0, 0.1) is 5.41 Å². The predicted octanol–water partition coefficient (Wildman–Crippen LogP) is 3.20. The first-order valence-electron chi connectivity index (χ1n) is 6.10. The number of hydrogen-bond donors (Lipinski definition) is 2. The molecule has 17 heavy (non-hydrogen) atoms. The molecule has 0 aromatic heterocycles. The minimum atomic E-state index is -0.382. The summed E-state index contributed by atoms with van der Waals surface area (Å²) in [5, 5.41) is 6.42. The molecule has 1 heterocycles. The van der Waals surface area contributed by atoms with Crippen LogP contribution in [0.3, 0.4) is 0 Å². The van der Waals surface area contributed by atoms with E-state index < -0.39 is 0 Å². The average molecular weight is 232 g/mol. The molecule has 1 aromatic rings. The number of carbonyl (C=O) groups excluding carboxylic acids is 1. The zero-order valence-corrected chi connectivity index (χ0v) is 10.9. The van der Waals surface area contributed by atoms with Crippen molar-refractivity contribution in [2.45, 2.75) is 33.6 Å². The van der Waals surface area contributed by atoms with Gasteiger partial charge in [0.2, 0.25) is 5.91 Å². The number of fused-ring (bicyclic) bond motifs is 1. The number of nitrogens with one attached hydrogen (secondary N) is 2. The van der Waals surface area contributed by atoms with E-state index in [-0.39, 0.29) is 11.3 Å². The Hall–Kier alpha value is -1.51. The molecular weight excluding hydrogens is 212 g/mol. The molecule has 2 rings (SSSR count). The maximum absolute atomic E-state index is 12.1. The standard InChI is InChI=1S/C14H20N2O/c1-9(2)10-6-5-7-11-12(10)16-13(17)14(3,4)8-15-11/h5-7,9,15H,8H2,1-4H3,(H,16,17). The number of hydrogen-bond acceptors (Lipinski definition) is 2. The van der Waals surface area contributed by atoms with Crippen molar-refractivity contribution in [2.24, 2.45) is 5.41 Å². The highest BCUT2D eigenvalue weighted by Gasteiger charge is 2.31. The summed E-state index contributed by atoms with van der Waals surface area (Å²) in [6.45, 7) is 8.84. The van der Waals surface area contributed by atoms with Gasteiger partial charge in [-0.05, 0) is 31.4 Å². The van der Waals surface area contributed by atoms with Gasteiger partial charge in [-0.15, -0.1) is 0 Å². The van der Waals surface area contributed by atoms with E-state index in [2.05, 4.69) is 30.5 Å². The zero-order chi connectivity index (χ0) is 12.6. The van der Waals surface area contributed by atoms with E-state index >= 15 is 0 Å². The Labute approximate surface area is 103 Å². The van der Waals surface area contributed by atoms with Gasteiger partial charge in [-0.25, -0.2) is 0 Å². The summed E-state index contributed by atoms with van der Waals surface area (Å²) in [6.07, 6.45) is 0. The Morgan fingerprint density at radius 2 is 2.00 bits per heavy atom. The van der Waals surface area contributed by atoms with E-state index in [1.165, 1.54) is 5.56 Å². The predicted molar refractivity (Wildman–Crippen MR) is 71.4 cm³/mol. The van der Waals surface area contributed by atoms with E-state index in [1.54, 1.807) is 0 Å². The highest BCUT2D eigenvalue weighted by atomic mass is 16.2. The van der Waals surface area contributed by atoms with Gasteiger partial charge < -0.3 is 10.6 Å². The normalized spacial score (nSPS) is 18.1. The molecule has 0 saturated carbocycles. The summed E-state index contributed by atoms with van der Waals surface area (Å²) < 4.78 is 0. The third-order valence-corrected chi connectivity index (χ3v) is 3.29. The van der Waals surface area contributed by atoms with Gasteiger partial charge >= 0.3 is 0 Å². The second kappa shape index (κ2) is 4.06. The molecule has 3 heteroatoms. The Morgan fingerprint density at radius 3 is 2.65 bits per heavy atom. The molecule has 1 amide bonds. The molecule has 92 valence electrons. The minimum Gasteiger partial charge on any atom is -0.382 e. The van der Waals surface area contributed by atoms with Crippen LogP contribution in [0.4, 0.5) is 11.4 Å². The molecular formula is C14H20N2O. The van der Waals surface area contributed by atoms with Gasteiger partial charge in [0.15, 0.2) is 0 Å². The first kappa shape index (κ1) is 12.0. The topological polar surface area (TPSA) is 41.1 Å². The lowest BCUT2D eigenvalue weighted by atomic mass is 9.92. The summed E-state index contributed by atoms with van der Waals surface area (Å²) in [5.74, 6) is 0.477. The van der Waals surface area contributed by atoms with Crippen molar-refractivity contribution in [3.05, 3.63) is 23.8 Å². The van der Waals surface area contributed by atoms with Crippen LogP contribution in [0.25, 0.3) is 0 Å². The summed E-state index contributed by atoms with van der Waals surface area (Å²) >= 11 is 0. The second-order valence-electron chi connectivity index (χ2n) is 5.62. The maximum atomic E-state index is 12.1. The van der Waals surface area contributed by atoms with Crippen LogP contribution in [-0.2, 0) is 4.79 Å². The van der Waals surface area contributed by atoms with E-state index in [0.717, 1.165) is 11.4 Å². The van der Waals surface area contributed by atoms with Gasteiger partial charge in [0, 0.05) is 6.54 Å². The molecule has 3 nitrogen and oxygen atoms in total. The summed E-state index contributed by atoms with van der Waals surface area (Å²) in [5.41, 5.74) is 2.77. The Kier molecular flexibility index (Phi) is 2.86. The molecule has 0 spiro atoms. The van der Waals surface area contributed by atoms with Gasteiger partial charge in [-0.2, -0.15) is 0 Å². The van der Waals surface area contributed by atoms with Crippen LogP contribution in [0.1, 0.15) is 39.2 Å². The van der Waals surface area contributed by atoms with E-state index in [0.29, 0.717) is 12.5 Å². The monoisotopic (exact) mass is 232 g/mol. The summed E-state index contributed by atoms with van der Waals surface area (Å²) in [7, 11) is 0. The zero-order valence-electron chi connectivity index (χ0n) is 10.9. The molecule has 2 N–H and O–H groups in total. The van der Waals surface area contributed by atoms with Crippen molar-refractivity contribution in [1.29, 1.82) is 0 Å². The van der Waals surface area contributed by atoms with Crippen LogP contribution < -0.4 is 10.6 Å². The average Bonchev–Trinajstić information content (AvgIpc) is 2.37. The van der Waals surface area contributed by atoms with Crippen molar-refractivity contribution in [3.8, 4) is 0 Å². The fourth-order valence-electron chi connectivity index (χ4n) is 2.02. The fraction of sp³-hybridized carbons (Fsp3) is 0.500. The highest BCUT2D eigenvalue weighted by Crippen LogP contribution is 2.35. The van der Waals surface area contributed by atoms with Crippen molar-refractivity contribution < 1.29 is 4.79 Å². The Bertz CT molecular complexity index is 450. The first-order valence-corrected chi connectivity index (χ1v) is 6.10. The Morgan fingerprint density at radius 1 is 1.29 bits per heavy atom. The molecule has 0 aliphatic carbocycles. The quantitative estimate of drug-likeness (QED) is 0.780. The van der Waals surface area contributed by atoms with Crippen molar-refractivity contribution in [1.82, 2.24) is 0 Å². The molecule has 1 aromatic carbocycles. The second-order valence-corrected chi connectivity index (χ2v) is 5.62. The van der Waals surface area contributed by atoms with E-state index in [9.17, 15) is 4.79 Å². The van der Waals surface area contributed by atoms with Crippen LogP contribution in [0.2, 0.25) is 0 Å². The molecule has 0 fully saturated rings. The number of rotatable bonds is 1. The van der Waals surface area contributed by atoms with Gasteiger partial charge in [-0.1, -0.05) is 26.0 Å². The lowest BCUT2D eigenvalue weighted by molar-refractivity contribution is -0.123. The lowest BCUT2D eigenvalue weighted by Crippen LogP contribution is -2.34. The number of amides is 1.